The Morgan fingerprint density at radius 1 is 1.25 bits per heavy atom. The predicted molar refractivity (Wildman–Crippen MR) is 108 cm³/mol. The molecule has 0 radical (unpaired) electrons. The number of nitrogens with zero attached hydrogens (tertiary/aromatic N) is 4. The summed E-state index contributed by atoms with van der Waals surface area (Å²) >= 11 is 0. The maximum absolute atomic E-state index is 12.4. The van der Waals surface area contributed by atoms with Gasteiger partial charge in [0, 0.05) is 43.9 Å². The van der Waals surface area contributed by atoms with E-state index in [0.717, 1.165) is 50.4 Å². The Morgan fingerprint density at radius 2 is 2.00 bits per heavy atom. The first kappa shape index (κ1) is 18.9. The molecule has 1 N–H and O–H groups in total. The zero-order valence-corrected chi connectivity index (χ0v) is 17.0. The third kappa shape index (κ3) is 3.76. The van der Waals surface area contributed by atoms with E-state index in [1.54, 1.807) is 6.07 Å². The van der Waals surface area contributed by atoms with Crippen molar-refractivity contribution < 1.29 is 4.79 Å². The van der Waals surface area contributed by atoms with Gasteiger partial charge in [-0.25, -0.2) is 9.50 Å². The summed E-state index contributed by atoms with van der Waals surface area (Å²) in [6, 6.07) is 3.51. The van der Waals surface area contributed by atoms with Crippen LogP contribution in [0.2, 0.25) is 0 Å². The van der Waals surface area contributed by atoms with Gasteiger partial charge in [-0.05, 0) is 52.1 Å². The van der Waals surface area contributed by atoms with Gasteiger partial charge in [0.15, 0.2) is 5.65 Å². The van der Waals surface area contributed by atoms with Crippen molar-refractivity contribution in [2.75, 3.05) is 26.2 Å². The van der Waals surface area contributed by atoms with Crippen molar-refractivity contribution in [3.63, 3.8) is 0 Å². The Morgan fingerprint density at radius 3 is 2.71 bits per heavy atom. The van der Waals surface area contributed by atoms with Crippen LogP contribution in [0.15, 0.2) is 28.6 Å². The van der Waals surface area contributed by atoms with Gasteiger partial charge >= 0.3 is 0 Å². The summed E-state index contributed by atoms with van der Waals surface area (Å²) in [7, 11) is 0. The van der Waals surface area contributed by atoms with E-state index in [1.807, 2.05) is 17.9 Å². The van der Waals surface area contributed by atoms with E-state index in [-0.39, 0.29) is 16.9 Å². The molecule has 2 aromatic heterocycles. The van der Waals surface area contributed by atoms with E-state index in [4.69, 9.17) is 0 Å². The van der Waals surface area contributed by atoms with Crippen molar-refractivity contribution in [3.8, 4) is 0 Å². The van der Waals surface area contributed by atoms with E-state index in [9.17, 15) is 9.59 Å². The number of fused-ring (bicyclic) bond motifs is 1. The number of aromatic amines is 1. The normalized spacial score (nSPS) is 19.7. The van der Waals surface area contributed by atoms with Gasteiger partial charge in [-0.2, -0.15) is 0 Å². The number of nitrogens with one attached hydrogen (secondary N) is 1. The molecule has 0 unspecified atom stereocenters. The third-order valence-corrected chi connectivity index (χ3v) is 6.06. The molecule has 1 amide bonds. The molecule has 2 aliphatic heterocycles. The van der Waals surface area contributed by atoms with Crippen LogP contribution in [0.4, 0.5) is 0 Å². The Bertz CT molecular complexity index is 974. The average Bonchev–Trinajstić information content (AvgIpc) is 3.15. The molecule has 28 heavy (non-hydrogen) atoms. The number of rotatable bonds is 4. The number of hydrogen-bond acceptors (Lipinski definition) is 4. The zero-order chi connectivity index (χ0) is 19.9. The quantitative estimate of drug-likeness (QED) is 0.821. The lowest BCUT2D eigenvalue weighted by Gasteiger charge is -2.38. The largest absolute Gasteiger partial charge is 0.338 e. The van der Waals surface area contributed by atoms with Crippen LogP contribution >= 0.6 is 0 Å². The molecule has 0 aliphatic carbocycles. The summed E-state index contributed by atoms with van der Waals surface area (Å²) in [6.45, 7) is 10.2. The summed E-state index contributed by atoms with van der Waals surface area (Å²) in [5.74, 6) is 0.286. The number of likely N-dealkylation sites (tertiary alicyclic amines) is 2. The second-order valence-corrected chi connectivity index (χ2v) is 8.73. The Labute approximate surface area is 165 Å². The number of aryl methyl sites for hydroxylation is 1. The van der Waals surface area contributed by atoms with Crippen molar-refractivity contribution >= 4 is 11.6 Å². The maximum atomic E-state index is 12.4. The lowest BCUT2D eigenvalue weighted by Crippen LogP contribution is -2.41. The molecule has 1 spiro atoms. The van der Waals surface area contributed by atoms with Gasteiger partial charge in [0.05, 0.1) is 5.69 Å². The molecule has 4 rings (SSSR count). The van der Waals surface area contributed by atoms with Crippen molar-refractivity contribution in [1.29, 1.82) is 0 Å². The molecule has 2 saturated heterocycles. The first-order valence-electron chi connectivity index (χ1n) is 10.1. The van der Waals surface area contributed by atoms with Crippen LogP contribution in [0.5, 0.6) is 0 Å². The van der Waals surface area contributed by atoms with Crippen LogP contribution < -0.4 is 5.56 Å². The highest BCUT2D eigenvalue weighted by molar-refractivity contribution is 5.79. The van der Waals surface area contributed by atoms with E-state index < -0.39 is 0 Å². The highest BCUT2D eigenvalue weighted by atomic mass is 16.2. The monoisotopic (exact) mass is 383 g/mol. The van der Waals surface area contributed by atoms with Gasteiger partial charge in [0.2, 0.25) is 5.91 Å². The molecule has 0 bridgehead atoms. The molecule has 0 saturated carbocycles. The summed E-state index contributed by atoms with van der Waals surface area (Å²) < 4.78 is 1.48. The van der Waals surface area contributed by atoms with Gasteiger partial charge in [-0.3, -0.25) is 19.6 Å². The minimum absolute atomic E-state index is 0.0714. The molecular formula is C21H29N5O2. The summed E-state index contributed by atoms with van der Waals surface area (Å²) in [5.41, 5.74) is 3.71. The van der Waals surface area contributed by atoms with Crippen LogP contribution in [0.25, 0.3) is 5.65 Å². The topological polar surface area (TPSA) is 73.7 Å². The van der Waals surface area contributed by atoms with Gasteiger partial charge in [-0.1, -0.05) is 11.6 Å². The van der Waals surface area contributed by atoms with E-state index in [0.29, 0.717) is 18.6 Å². The number of H-pyrrole nitrogens is 1. The smallest absolute Gasteiger partial charge is 0.272 e. The van der Waals surface area contributed by atoms with Crippen LogP contribution in [0.3, 0.4) is 0 Å². The lowest BCUT2D eigenvalue weighted by molar-refractivity contribution is -0.127. The minimum Gasteiger partial charge on any atom is -0.338 e. The number of carbonyl (C=O) groups excluding carboxylic acids is 1. The van der Waals surface area contributed by atoms with Gasteiger partial charge < -0.3 is 4.90 Å². The van der Waals surface area contributed by atoms with Gasteiger partial charge in [0.1, 0.15) is 0 Å². The number of hydrogen-bond donors (Lipinski definition) is 1. The molecule has 2 fully saturated rings. The molecule has 150 valence electrons. The molecule has 7 nitrogen and oxygen atoms in total. The molecule has 2 aromatic rings. The van der Waals surface area contributed by atoms with E-state index >= 15 is 0 Å². The summed E-state index contributed by atoms with van der Waals surface area (Å²) in [6.07, 6.45) is 4.85. The van der Waals surface area contributed by atoms with Crippen molar-refractivity contribution in [1.82, 2.24) is 24.4 Å². The zero-order valence-electron chi connectivity index (χ0n) is 17.0. The predicted octanol–water partition coefficient (Wildman–Crippen LogP) is 2.11. The van der Waals surface area contributed by atoms with Crippen LogP contribution in [-0.4, -0.2) is 56.5 Å². The second kappa shape index (κ2) is 7.20. The Hall–Kier alpha value is -2.41. The first-order chi connectivity index (χ1) is 13.3. The number of carbonyl (C=O) groups is 1. The lowest BCUT2D eigenvalue weighted by atomic mass is 9.77. The molecule has 0 aromatic carbocycles. The van der Waals surface area contributed by atoms with E-state index in [2.05, 4.69) is 34.9 Å². The van der Waals surface area contributed by atoms with Crippen LogP contribution in [0, 0.1) is 12.3 Å². The number of amides is 1. The minimum atomic E-state index is -0.0714. The number of allylic oxidation sites excluding steroid dienone is 1. The second-order valence-electron chi connectivity index (χ2n) is 8.73. The van der Waals surface area contributed by atoms with Crippen LogP contribution in [0.1, 0.15) is 44.5 Å². The van der Waals surface area contributed by atoms with Crippen molar-refractivity contribution in [3.05, 3.63) is 45.5 Å². The maximum Gasteiger partial charge on any atom is 0.272 e. The third-order valence-electron chi connectivity index (χ3n) is 6.06. The van der Waals surface area contributed by atoms with E-state index in [1.165, 1.54) is 10.1 Å². The fourth-order valence-corrected chi connectivity index (χ4v) is 4.43. The van der Waals surface area contributed by atoms with Crippen LogP contribution in [-0.2, 0) is 11.3 Å². The SMILES string of the molecule is CC(C)=CCN1CC2(CCN(Cc3cc(=O)n4[nH]c(C)cc4n3)CC2)CC1=O. The molecular weight excluding hydrogens is 354 g/mol. The first-order valence-corrected chi connectivity index (χ1v) is 10.1. The van der Waals surface area contributed by atoms with Gasteiger partial charge in [0.25, 0.3) is 5.56 Å². The van der Waals surface area contributed by atoms with Crippen molar-refractivity contribution in [2.45, 2.75) is 46.6 Å². The Balaban J connectivity index is 1.39. The standard InChI is InChI=1S/C21H29N5O2/c1-15(2)4-7-25-14-21(12-20(25)28)5-8-24(9-6-21)13-17-11-19(27)26-18(22-17)10-16(3)23-26/h4,10-11,23H,5-9,12-14H2,1-3H3. The Kier molecular flexibility index (Phi) is 4.87. The highest BCUT2D eigenvalue weighted by Crippen LogP contribution is 2.41. The molecule has 7 heteroatoms. The van der Waals surface area contributed by atoms with Gasteiger partial charge in [-0.15, -0.1) is 0 Å². The summed E-state index contributed by atoms with van der Waals surface area (Å²) in [4.78, 5) is 33.7. The average molecular weight is 383 g/mol. The summed E-state index contributed by atoms with van der Waals surface area (Å²) in [5, 5.41) is 3.00. The molecule has 2 aliphatic rings. The number of piperidine rings is 1. The molecule has 0 atom stereocenters. The number of aromatic nitrogens is 3. The van der Waals surface area contributed by atoms with Crippen molar-refractivity contribution in [2.24, 2.45) is 5.41 Å². The fraction of sp³-hybridized carbons (Fsp3) is 0.571. The molecule has 4 heterocycles. The fourth-order valence-electron chi connectivity index (χ4n) is 4.43. The highest BCUT2D eigenvalue weighted by Gasteiger charge is 2.44.